The Hall–Kier alpha value is -2.20. The van der Waals surface area contributed by atoms with E-state index >= 15 is 0 Å². The van der Waals surface area contributed by atoms with Gasteiger partial charge in [-0.15, -0.1) is 0 Å². The molecule has 0 spiro atoms. The Kier molecular flexibility index (Phi) is 11.8. The number of esters is 4. The van der Waals surface area contributed by atoms with E-state index in [1.807, 2.05) is 0 Å². The molecule has 0 amide bonds. The topological polar surface area (TPSA) is 124 Å². The zero-order valence-electron chi connectivity index (χ0n) is 20.6. The molecule has 2 fully saturated rings. The van der Waals surface area contributed by atoms with Gasteiger partial charge in [0.1, 0.15) is 12.7 Å². The minimum Gasteiger partial charge on any atom is -0.463 e. The van der Waals surface area contributed by atoms with Gasteiger partial charge in [-0.3, -0.25) is 19.2 Å². The molecular formula is C24H38O10. The summed E-state index contributed by atoms with van der Waals surface area (Å²) in [5.74, 6) is -1.77. The van der Waals surface area contributed by atoms with Crippen molar-refractivity contribution in [2.75, 3.05) is 13.2 Å². The molecule has 0 bridgehead atoms. The summed E-state index contributed by atoms with van der Waals surface area (Å²) < 4.78 is 33.0. The highest BCUT2D eigenvalue weighted by molar-refractivity contribution is 5.68. The summed E-state index contributed by atoms with van der Waals surface area (Å²) in [6.45, 7) is 4.88. The summed E-state index contributed by atoms with van der Waals surface area (Å²) >= 11 is 0. The number of carbonyl (C=O) groups is 4. The molecule has 2 rings (SSSR count). The van der Waals surface area contributed by atoms with Gasteiger partial charge in [0.15, 0.2) is 24.6 Å². The Labute approximate surface area is 200 Å². The van der Waals surface area contributed by atoms with Gasteiger partial charge in [-0.2, -0.15) is 0 Å². The first-order valence-corrected chi connectivity index (χ1v) is 12.1. The molecule has 0 N–H and O–H groups in total. The minimum absolute atomic E-state index is 0.265. The molecule has 0 aromatic carbocycles. The molecule has 0 aromatic rings. The Morgan fingerprint density at radius 2 is 1.32 bits per heavy atom. The van der Waals surface area contributed by atoms with Crippen molar-refractivity contribution in [1.29, 1.82) is 0 Å². The average molecular weight is 487 g/mol. The van der Waals surface area contributed by atoms with Crippen LogP contribution in [-0.2, 0) is 47.6 Å². The zero-order valence-corrected chi connectivity index (χ0v) is 20.6. The third-order valence-corrected chi connectivity index (χ3v) is 5.96. The first kappa shape index (κ1) is 28.0. The van der Waals surface area contributed by atoms with Crippen LogP contribution in [0.25, 0.3) is 0 Å². The number of ether oxygens (including phenoxy) is 6. The van der Waals surface area contributed by atoms with E-state index in [1.54, 1.807) is 0 Å². The van der Waals surface area contributed by atoms with E-state index in [0.717, 1.165) is 25.2 Å². The summed E-state index contributed by atoms with van der Waals surface area (Å²) in [7, 11) is 0. The van der Waals surface area contributed by atoms with Crippen LogP contribution in [0.5, 0.6) is 0 Å². The minimum atomic E-state index is -1.20. The van der Waals surface area contributed by atoms with Gasteiger partial charge >= 0.3 is 23.9 Å². The van der Waals surface area contributed by atoms with Crippen LogP contribution in [-0.4, -0.2) is 67.8 Å². The monoisotopic (exact) mass is 486 g/mol. The van der Waals surface area contributed by atoms with Crippen molar-refractivity contribution < 1.29 is 47.6 Å². The molecule has 194 valence electrons. The summed E-state index contributed by atoms with van der Waals surface area (Å²) in [6.07, 6.45) is 3.76. The van der Waals surface area contributed by atoms with Crippen molar-refractivity contribution in [3.63, 3.8) is 0 Å². The second kappa shape index (κ2) is 14.3. The van der Waals surface area contributed by atoms with Crippen LogP contribution in [0.4, 0.5) is 0 Å². The van der Waals surface area contributed by atoms with E-state index in [-0.39, 0.29) is 6.61 Å². The van der Waals surface area contributed by atoms with Gasteiger partial charge in [0.2, 0.25) is 0 Å². The first-order chi connectivity index (χ1) is 16.2. The Balaban J connectivity index is 2.10. The molecule has 2 aliphatic rings. The quantitative estimate of drug-likeness (QED) is 0.245. The molecule has 34 heavy (non-hydrogen) atoms. The van der Waals surface area contributed by atoms with E-state index in [1.165, 1.54) is 59.8 Å². The van der Waals surface area contributed by atoms with Crippen LogP contribution in [0.15, 0.2) is 0 Å². The largest absolute Gasteiger partial charge is 0.463 e. The van der Waals surface area contributed by atoms with Crippen molar-refractivity contribution >= 4 is 23.9 Å². The van der Waals surface area contributed by atoms with Crippen LogP contribution in [0.2, 0.25) is 0 Å². The normalized spacial score (nSPS) is 27.5. The Morgan fingerprint density at radius 1 is 0.735 bits per heavy atom. The van der Waals surface area contributed by atoms with Crippen LogP contribution in [0, 0.1) is 5.92 Å². The maximum Gasteiger partial charge on any atom is 0.303 e. The van der Waals surface area contributed by atoms with Gasteiger partial charge in [0, 0.05) is 34.3 Å². The maximum absolute atomic E-state index is 11.8. The lowest BCUT2D eigenvalue weighted by Gasteiger charge is -2.44. The molecule has 5 atom stereocenters. The Bertz CT molecular complexity index is 687. The number of hydrogen-bond donors (Lipinski definition) is 0. The summed E-state index contributed by atoms with van der Waals surface area (Å²) in [6, 6.07) is 0. The number of carbonyl (C=O) groups excluding carboxylic acids is 4. The molecule has 5 unspecified atom stereocenters. The lowest BCUT2D eigenvalue weighted by atomic mass is 9.86. The Morgan fingerprint density at radius 3 is 1.91 bits per heavy atom. The van der Waals surface area contributed by atoms with Gasteiger partial charge in [-0.1, -0.05) is 44.9 Å². The zero-order chi connectivity index (χ0) is 25.1. The van der Waals surface area contributed by atoms with E-state index in [4.69, 9.17) is 28.4 Å². The predicted molar refractivity (Wildman–Crippen MR) is 118 cm³/mol. The third kappa shape index (κ3) is 9.58. The summed E-state index contributed by atoms with van der Waals surface area (Å²) in [4.78, 5) is 46.8. The molecule has 0 radical (unpaired) electrons. The number of rotatable bonds is 11. The van der Waals surface area contributed by atoms with Crippen molar-refractivity contribution in [2.24, 2.45) is 5.92 Å². The van der Waals surface area contributed by atoms with Crippen LogP contribution in [0.1, 0.15) is 79.1 Å². The van der Waals surface area contributed by atoms with Crippen LogP contribution in [0.3, 0.4) is 0 Å². The fourth-order valence-corrected chi connectivity index (χ4v) is 4.53. The lowest BCUT2D eigenvalue weighted by Crippen LogP contribution is -2.63. The van der Waals surface area contributed by atoms with E-state index < -0.39 is 54.6 Å². The molecule has 1 saturated heterocycles. The first-order valence-electron chi connectivity index (χ1n) is 12.1. The standard InChI is InChI=1S/C24H38O10/c1-15(25)30-14-20-21(31-16(2)26)22(32-17(3)27)23(33-18(4)28)24(34-20)29-13-9-8-12-19-10-6-5-7-11-19/h19-24H,5-14H2,1-4H3. The molecule has 1 aliphatic carbocycles. The van der Waals surface area contributed by atoms with Gasteiger partial charge in [0.25, 0.3) is 0 Å². The average Bonchev–Trinajstić information content (AvgIpc) is 2.75. The number of unbranched alkanes of at least 4 members (excludes halogenated alkanes) is 1. The molecule has 10 nitrogen and oxygen atoms in total. The van der Waals surface area contributed by atoms with Gasteiger partial charge in [-0.25, -0.2) is 0 Å². The second-order valence-corrected chi connectivity index (χ2v) is 8.94. The van der Waals surface area contributed by atoms with Gasteiger partial charge in [0.05, 0.1) is 0 Å². The van der Waals surface area contributed by atoms with E-state index in [0.29, 0.717) is 6.61 Å². The molecule has 1 aliphatic heterocycles. The van der Waals surface area contributed by atoms with E-state index in [2.05, 4.69) is 0 Å². The van der Waals surface area contributed by atoms with Gasteiger partial charge < -0.3 is 28.4 Å². The number of hydrogen-bond acceptors (Lipinski definition) is 10. The van der Waals surface area contributed by atoms with Crippen molar-refractivity contribution in [1.82, 2.24) is 0 Å². The highest BCUT2D eigenvalue weighted by Crippen LogP contribution is 2.31. The lowest BCUT2D eigenvalue weighted by molar-refractivity contribution is -0.308. The molecule has 1 heterocycles. The van der Waals surface area contributed by atoms with Crippen molar-refractivity contribution in [3.8, 4) is 0 Å². The van der Waals surface area contributed by atoms with Crippen LogP contribution >= 0.6 is 0 Å². The van der Waals surface area contributed by atoms with E-state index in [9.17, 15) is 19.2 Å². The summed E-state index contributed by atoms with van der Waals surface area (Å²) in [5, 5.41) is 0. The third-order valence-electron chi connectivity index (χ3n) is 5.96. The maximum atomic E-state index is 11.8. The molecular weight excluding hydrogens is 448 g/mol. The fraction of sp³-hybridized carbons (Fsp3) is 0.833. The van der Waals surface area contributed by atoms with Crippen molar-refractivity contribution in [2.45, 2.75) is 110 Å². The SMILES string of the molecule is CC(=O)OCC1OC(OCCCCC2CCCCC2)C(OC(C)=O)C(OC(C)=O)C1OC(C)=O. The van der Waals surface area contributed by atoms with Crippen LogP contribution < -0.4 is 0 Å². The fourth-order valence-electron chi connectivity index (χ4n) is 4.53. The molecule has 0 aromatic heterocycles. The molecule has 10 heteroatoms. The highest BCUT2D eigenvalue weighted by Gasteiger charge is 2.52. The predicted octanol–water partition coefficient (Wildman–Crippen LogP) is 2.84. The highest BCUT2D eigenvalue weighted by atomic mass is 16.7. The van der Waals surface area contributed by atoms with Gasteiger partial charge in [-0.05, 0) is 12.3 Å². The molecule has 1 saturated carbocycles. The van der Waals surface area contributed by atoms with Crippen molar-refractivity contribution in [3.05, 3.63) is 0 Å². The second-order valence-electron chi connectivity index (χ2n) is 8.94. The smallest absolute Gasteiger partial charge is 0.303 e. The summed E-state index contributed by atoms with van der Waals surface area (Å²) in [5.41, 5.74) is 0.